The number of benzene rings is 1. The number of nitrogens with one attached hydrogen (secondary N) is 1. The van der Waals surface area contributed by atoms with E-state index in [9.17, 15) is 4.79 Å². The third-order valence-corrected chi connectivity index (χ3v) is 5.20. The van der Waals surface area contributed by atoms with Crippen molar-refractivity contribution >= 4 is 16.8 Å². The standard InChI is InChI=1S/C20H25N3O2/c1-14(23-8-10-25-11-9-23)13-21-20(24)17-12-19(15-6-7-15)22-18-5-3-2-4-16(17)18/h2-5,12,14-15H,6-11,13H2,1H3,(H,21,24)/t14-/m1/s1. The maximum atomic E-state index is 12.9. The lowest BCUT2D eigenvalue weighted by Gasteiger charge is -2.32. The summed E-state index contributed by atoms with van der Waals surface area (Å²) < 4.78 is 5.40. The smallest absolute Gasteiger partial charge is 0.252 e. The van der Waals surface area contributed by atoms with E-state index in [4.69, 9.17) is 9.72 Å². The number of hydrogen-bond acceptors (Lipinski definition) is 4. The van der Waals surface area contributed by atoms with Crippen LogP contribution in [0.3, 0.4) is 0 Å². The molecule has 132 valence electrons. The van der Waals surface area contributed by atoms with Crippen LogP contribution in [0, 0.1) is 0 Å². The third kappa shape index (κ3) is 3.67. The van der Waals surface area contributed by atoms with E-state index >= 15 is 0 Å². The van der Waals surface area contributed by atoms with Crippen LogP contribution in [0.1, 0.15) is 41.7 Å². The number of rotatable bonds is 5. The molecule has 2 aromatic rings. The number of morpholine rings is 1. The minimum Gasteiger partial charge on any atom is -0.379 e. The van der Waals surface area contributed by atoms with E-state index in [1.54, 1.807) is 0 Å². The number of aromatic nitrogens is 1. The molecule has 1 aromatic carbocycles. The molecule has 2 aliphatic rings. The summed E-state index contributed by atoms with van der Waals surface area (Å²) in [6.07, 6.45) is 2.36. The van der Waals surface area contributed by atoms with Crippen molar-refractivity contribution < 1.29 is 9.53 Å². The lowest BCUT2D eigenvalue weighted by atomic mass is 10.1. The van der Waals surface area contributed by atoms with Gasteiger partial charge < -0.3 is 10.1 Å². The van der Waals surface area contributed by atoms with Gasteiger partial charge in [-0.05, 0) is 31.9 Å². The van der Waals surface area contributed by atoms with Gasteiger partial charge in [-0.2, -0.15) is 0 Å². The lowest BCUT2D eigenvalue weighted by molar-refractivity contribution is 0.0204. The molecule has 1 aromatic heterocycles. The van der Waals surface area contributed by atoms with Gasteiger partial charge in [0, 0.05) is 42.7 Å². The highest BCUT2D eigenvalue weighted by Crippen LogP contribution is 2.40. The van der Waals surface area contributed by atoms with Crippen molar-refractivity contribution in [2.45, 2.75) is 31.7 Å². The van der Waals surface area contributed by atoms with Crippen LogP contribution in [0.5, 0.6) is 0 Å². The van der Waals surface area contributed by atoms with Crippen LogP contribution in [-0.4, -0.2) is 54.7 Å². The Hall–Kier alpha value is -1.98. The molecule has 0 unspecified atom stereocenters. The van der Waals surface area contributed by atoms with Crippen LogP contribution in [0.25, 0.3) is 10.9 Å². The molecule has 2 heterocycles. The molecule has 4 rings (SSSR count). The molecule has 0 bridgehead atoms. The van der Waals surface area contributed by atoms with E-state index in [0.717, 1.165) is 48.5 Å². The van der Waals surface area contributed by atoms with Gasteiger partial charge in [-0.25, -0.2) is 0 Å². The van der Waals surface area contributed by atoms with Gasteiger partial charge in [0.15, 0.2) is 0 Å². The molecule has 5 heteroatoms. The summed E-state index contributed by atoms with van der Waals surface area (Å²) in [6, 6.07) is 10.2. The monoisotopic (exact) mass is 339 g/mol. The van der Waals surface area contributed by atoms with Crippen LogP contribution in [0.15, 0.2) is 30.3 Å². The van der Waals surface area contributed by atoms with Crippen LogP contribution < -0.4 is 5.32 Å². The third-order valence-electron chi connectivity index (χ3n) is 5.20. The summed E-state index contributed by atoms with van der Waals surface area (Å²) >= 11 is 0. The predicted molar refractivity (Wildman–Crippen MR) is 97.9 cm³/mol. The average molecular weight is 339 g/mol. The van der Waals surface area contributed by atoms with Crippen molar-refractivity contribution in [2.75, 3.05) is 32.8 Å². The fourth-order valence-electron chi connectivity index (χ4n) is 3.45. The van der Waals surface area contributed by atoms with Crippen molar-refractivity contribution in [3.05, 3.63) is 41.6 Å². The quantitative estimate of drug-likeness (QED) is 0.910. The number of pyridine rings is 1. The Balaban J connectivity index is 1.51. The summed E-state index contributed by atoms with van der Waals surface area (Å²) in [6.45, 7) is 6.22. The highest BCUT2D eigenvalue weighted by molar-refractivity contribution is 6.06. The van der Waals surface area contributed by atoms with Crippen molar-refractivity contribution in [1.82, 2.24) is 15.2 Å². The Morgan fingerprint density at radius 2 is 2.08 bits per heavy atom. The lowest BCUT2D eigenvalue weighted by Crippen LogP contribution is -2.47. The predicted octanol–water partition coefficient (Wildman–Crippen LogP) is 2.56. The number of fused-ring (bicyclic) bond motifs is 1. The minimum absolute atomic E-state index is 0.000564. The zero-order valence-corrected chi connectivity index (χ0v) is 14.7. The van der Waals surface area contributed by atoms with Gasteiger partial charge in [-0.1, -0.05) is 18.2 Å². The number of hydrogen-bond donors (Lipinski definition) is 1. The van der Waals surface area contributed by atoms with Crippen LogP contribution >= 0.6 is 0 Å². The maximum absolute atomic E-state index is 12.9. The zero-order valence-electron chi connectivity index (χ0n) is 14.7. The molecule has 1 N–H and O–H groups in total. The van der Waals surface area contributed by atoms with Crippen molar-refractivity contribution in [3.63, 3.8) is 0 Å². The van der Waals surface area contributed by atoms with Crippen molar-refractivity contribution in [1.29, 1.82) is 0 Å². The molecular weight excluding hydrogens is 314 g/mol. The van der Waals surface area contributed by atoms with Gasteiger partial charge in [0.05, 0.1) is 24.3 Å². The fraction of sp³-hybridized carbons (Fsp3) is 0.500. The Kier molecular flexibility index (Phi) is 4.68. The number of nitrogens with zero attached hydrogens (tertiary/aromatic N) is 2. The molecule has 1 aliphatic carbocycles. The summed E-state index contributed by atoms with van der Waals surface area (Å²) in [5.41, 5.74) is 2.73. The fourth-order valence-corrected chi connectivity index (χ4v) is 3.45. The summed E-state index contributed by atoms with van der Waals surface area (Å²) in [4.78, 5) is 20.0. The number of para-hydroxylation sites is 1. The van der Waals surface area contributed by atoms with E-state index in [0.29, 0.717) is 18.5 Å². The topological polar surface area (TPSA) is 54.5 Å². The average Bonchev–Trinajstić information content (AvgIpc) is 3.51. The molecule has 1 amide bonds. The normalized spacial score (nSPS) is 19.7. The van der Waals surface area contributed by atoms with Crippen LogP contribution in [0.4, 0.5) is 0 Å². The first-order valence-corrected chi connectivity index (χ1v) is 9.22. The minimum atomic E-state index is 0.000564. The number of carbonyl (C=O) groups is 1. The molecule has 1 atom stereocenters. The van der Waals surface area contributed by atoms with E-state index in [2.05, 4.69) is 17.1 Å². The Morgan fingerprint density at radius 3 is 2.84 bits per heavy atom. The molecule has 1 saturated carbocycles. The Morgan fingerprint density at radius 1 is 1.32 bits per heavy atom. The van der Waals surface area contributed by atoms with E-state index < -0.39 is 0 Å². The second-order valence-electron chi connectivity index (χ2n) is 7.09. The number of carbonyl (C=O) groups excluding carboxylic acids is 1. The first kappa shape index (κ1) is 16.5. The molecule has 5 nitrogen and oxygen atoms in total. The Labute approximate surface area is 148 Å². The largest absolute Gasteiger partial charge is 0.379 e. The molecule has 1 aliphatic heterocycles. The summed E-state index contributed by atoms with van der Waals surface area (Å²) in [5, 5.41) is 4.06. The van der Waals surface area contributed by atoms with Gasteiger partial charge in [0.1, 0.15) is 0 Å². The van der Waals surface area contributed by atoms with Crippen molar-refractivity contribution in [3.8, 4) is 0 Å². The highest BCUT2D eigenvalue weighted by atomic mass is 16.5. The first-order valence-electron chi connectivity index (χ1n) is 9.22. The molecule has 0 spiro atoms. The molecular formula is C20H25N3O2. The van der Waals surface area contributed by atoms with Gasteiger partial charge in [-0.3, -0.25) is 14.7 Å². The summed E-state index contributed by atoms with van der Waals surface area (Å²) in [7, 11) is 0. The maximum Gasteiger partial charge on any atom is 0.252 e. The highest BCUT2D eigenvalue weighted by Gasteiger charge is 2.27. The second kappa shape index (κ2) is 7.10. The molecule has 1 saturated heterocycles. The number of ether oxygens (including phenoxy) is 1. The second-order valence-corrected chi connectivity index (χ2v) is 7.09. The summed E-state index contributed by atoms with van der Waals surface area (Å²) in [5.74, 6) is 0.532. The first-order chi connectivity index (χ1) is 12.2. The van der Waals surface area contributed by atoms with Crippen LogP contribution in [-0.2, 0) is 4.74 Å². The van der Waals surface area contributed by atoms with Gasteiger partial charge in [-0.15, -0.1) is 0 Å². The van der Waals surface area contributed by atoms with Crippen molar-refractivity contribution in [2.24, 2.45) is 0 Å². The van der Waals surface area contributed by atoms with Gasteiger partial charge >= 0.3 is 0 Å². The van der Waals surface area contributed by atoms with E-state index in [-0.39, 0.29) is 5.91 Å². The van der Waals surface area contributed by atoms with Crippen LogP contribution in [0.2, 0.25) is 0 Å². The number of amides is 1. The van der Waals surface area contributed by atoms with E-state index in [1.165, 1.54) is 12.8 Å². The molecule has 2 fully saturated rings. The van der Waals surface area contributed by atoms with Gasteiger partial charge in [0.2, 0.25) is 0 Å². The molecule has 0 radical (unpaired) electrons. The molecule has 25 heavy (non-hydrogen) atoms. The van der Waals surface area contributed by atoms with E-state index in [1.807, 2.05) is 30.3 Å². The SMILES string of the molecule is C[C@H](CNC(=O)c1cc(C2CC2)nc2ccccc12)N1CCOCC1. The Bertz CT molecular complexity index is 767. The zero-order chi connectivity index (χ0) is 17.2. The van der Waals surface area contributed by atoms with Gasteiger partial charge in [0.25, 0.3) is 5.91 Å².